The molecule has 0 bridgehead atoms. The van der Waals surface area contributed by atoms with Crippen LogP contribution in [0.3, 0.4) is 0 Å². The highest BCUT2D eigenvalue weighted by atomic mass is 32.1. The minimum atomic E-state index is 0.178. The molecule has 0 spiro atoms. The van der Waals surface area contributed by atoms with E-state index >= 15 is 0 Å². The van der Waals surface area contributed by atoms with Crippen molar-refractivity contribution in [2.75, 3.05) is 13.6 Å². The highest BCUT2D eigenvalue weighted by molar-refractivity contribution is 7.14. The SMILES string of the molecule is CNCCCc1nnc(-c2cccc(OC(C)C)c2)s1. The largest absolute Gasteiger partial charge is 0.491 e. The van der Waals surface area contributed by atoms with Gasteiger partial charge in [0.25, 0.3) is 0 Å². The van der Waals surface area contributed by atoms with Crippen LogP contribution in [0.1, 0.15) is 25.3 Å². The lowest BCUT2D eigenvalue weighted by molar-refractivity contribution is 0.242. The average molecular weight is 291 g/mol. The lowest BCUT2D eigenvalue weighted by Crippen LogP contribution is -2.08. The standard InChI is InChI=1S/C15H21N3OS/c1-11(2)19-13-7-4-6-12(10-13)15-18-17-14(20-15)8-5-9-16-3/h4,6-7,10-11,16H,5,8-9H2,1-3H3. The molecule has 0 aliphatic rings. The molecule has 0 aliphatic heterocycles. The number of aryl methyl sites for hydroxylation is 1. The highest BCUT2D eigenvalue weighted by Gasteiger charge is 2.08. The van der Waals surface area contributed by atoms with Crippen molar-refractivity contribution < 1.29 is 4.74 Å². The molecule has 1 heterocycles. The van der Waals surface area contributed by atoms with Gasteiger partial charge in [-0.1, -0.05) is 23.5 Å². The molecule has 20 heavy (non-hydrogen) atoms. The molecule has 0 radical (unpaired) electrons. The van der Waals surface area contributed by atoms with Crippen LogP contribution in [0.15, 0.2) is 24.3 Å². The summed E-state index contributed by atoms with van der Waals surface area (Å²) in [5, 5.41) is 13.7. The molecule has 2 rings (SSSR count). The van der Waals surface area contributed by atoms with E-state index in [1.807, 2.05) is 45.2 Å². The van der Waals surface area contributed by atoms with Crippen molar-refractivity contribution >= 4 is 11.3 Å². The predicted molar refractivity (Wildman–Crippen MR) is 83.4 cm³/mol. The minimum absolute atomic E-state index is 0.178. The van der Waals surface area contributed by atoms with Crippen LogP contribution in [0.2, 0.25) is 0 Å². The molecule has 108 valence electrons. The summed E-state index contributed by atoms with van der Waals surface area (Å²) < 4.78 is 5.71. The van der Waals surface area contributed by atoms with Crippen molar-refractivity contribution in [3.05, 3.63) is 29.3 Å². The Morgan fingerprint density at radius 1 is 1.30 bits per heavy atom. The maximum absolute atomic E-state index is 5.71. The Kier molecular flexibility index (Phi) is 5.49. The van der Waals surface area contributed by atoms with Gasteiger partial charge in [-0.2, -0.15) is 0 Å². The number of rotatable bonds is 7. The number of aromatic nitrogens is 2. The van der Waals surface area contributed by atoms with Gasteiger partial charge in [-0.3, -0.25) is 0 Å². The van der Waals surface area contributed by atoms with E-state index in [1.54, 1.807) is 11.3 Å². The van der Waals surface area contributed by atoms with Gasteiger partial charge in [-0.15, -0.1) is 10.2 Å². The zero-order chi connectivity index (χ0) is 14.4. The van der Waals surface area contributed by atoms with Gasteiger partial charge in [0.1, 0.15) is 15.8 Å². The average Bonchev–Trinajstić information content (AvgIpc) is 2.87. The van der Waals surface area contributed by atoms with E-state index < -0.39 is 0 Å². The Hall–Kier alpha value is -1.46. The third kappa shape index (κ3) is 4.28. The summed E-state index contributed by atoms with van der Waals surface area (Å²) >= 11 is 1.66. The molecule has 1 N–H and O–H groups in total. The summed E-state index contributed by atoms with van der Waals surface area (Å²) in [6.45, 7) is 5.06. The zero-order valence-electron chi connectivity index (χ0n) is 12.2. The summed E-state index contributed by atoms with van der Waals surface area (Å²) in [6, 6.07) is 8.04. The Bertz CT molecular complexity index is 539. The number of nitrogens with zero attached hydrogens (tertiary/aromatic N) is 2. The highest BCUT2D eigenvalue weighted by Crippen LogP contribution is 2.27. The van der Waals surface area contributed by atoms with Crippen molar-refractivity contribution in [2.45, 2.75) is 32.8 Å². The van der Waals surface area contributed by atoms with Gasteiger partial charge in [-0.25, -0.2) is 0 Å². The molecule has 0 amide bonds. The maximum Gasteiger partial charge on any atom is 0.147 e. The predicted octanol–water partition coefficient (Wildman–Crippen LogP) is 3.14. The molecule has 2 aromatic rings. The van der Waals surface area contributed by atoms with Crippen LogP contribution in [-0.2, 0) is 6.42 Å². The van der Waals surface area contributed by atoms with Gasteiger partial charge in [0.2, 0.25) is 0 Å². The quantitative estimate of drug-likeness (QED) is 0.796. The number of benzene rings is 1. The van der Waals surface area contributed by atoms with Crippen molar-refractivity contribution in [1.29, 1.82) is 0 Å². The van der Waals surface area contributed by atoms with Crippen LogP contribution in [0.4, 0.5) is 0 Å². The molecule has 0 unspecified atom stereocenters. The molecule has 0 aliphatic carbocycles. The Balaban J connectivity index is 2.07. The molecule has 5 heteroatoms. The number of ether oxygens (including phenoxy) is 1. The third-order valence-corrected chi connectivity index (χ3v) is 3.77. The van der Waals surface area contributed by atoms with Crippen LogP contribution in [0, 0.1) is 0 Å². The fourth-order valence-corrected chi connectivity index (χ4v) is 2.74. The third-order valence-electron chi connectivity index (χ3n) is 2.74. The number of nitrogens with one attached hydrogen (secondary N) is 1. The summed E-state index contributed by atoms with van der Waals surface area (Å²) in [6.07, 6.45) is 2.24. The first kappa shape index (κ1) is 14.9. The van der Waals surface area contributed by atoms with Gasteiger partial charge >= 0.3 is 0 Å². The second kappa shape index (κ2) is 7.36. The Labute approximate surface area is 124 Å². The number of hydrogen-bond acceptors (Lipinski definition) is 5. The van der Waals surface area contributed by atoms with Gasteiger partial charge in [0, 0.05) is 12.0 Å². The molecule has 0 saturated carbocycles. The lowest BCUT2D eigenvalue weighted by atomic mass is 10.2. The molecular formula is C15H21N3OS. The second-order valence-corrected chi connectivity index (χ2v) is 5.96. The summed E-state index contributed by atoms with van der Waals surface area (Å²) in [5.74, 6) is 0.879. The summed E-state index contributed by atoms with van der Waals surface area (Å²) in [7, 11) is 1.96. The van der Waals surface area contributed by atoms with E-state index in [9.17, 15) is 0 Å². The summed E-state index contributed by atoms with van der Waals surface area (Å²) in [4.78, 5) is 0. The van der Waals surface area contributed by atoms with Crippen molar-refractivity contribution in [1.82, 2.24) is 15.5 Å². The molecule has 0 atom stereocenters. The van der Waals surface area contributed by atoms with Gasteiger partial charge in [0.05, 0.1) is 6.10 Å². The fraction of sp³-hybridized carbons (Fsp3) is 0.467. The molecule has 0 saturated heterocycles. The van der Waals surface area contributed by atoms with Crippen LogP contribution < -0.4 is 10.1 Å². The fourth-order valence-electron chi connectivity index (χ4n) is 1.86. The van der Waals surface area contributed by atoms with E-state index in [0.717, 1.165) is 40.7 Å². The van der Waals surface area contributed by atoms with E-state index in [-0.39, 0.29) is 6.10 Å². The number of hydrogen-bond donors (Lipinski definition) is 1. The maximum atomic E-state index is 5.71. The van der Waals surface area contributed by atoms with Crippen molar-refractivity contribution in [3.63, 3.8) is 0 Å². The molecule has 1 aromatic heterocycles. The smallest absolute Gasteiger partial charge is 0.147 e. The molecule has 0 fully saturated rings. The van der Waals surface area contributed by atoms with E-state index in [0.29, 0.717) is 0 Å². The van der Waals surface area contributed by atoms with Crippen LogP contribution in [0.5, 0.6) is 5.75 Å². The first-order valence-electron chi connectivity index (χ1n) is 6.93. The van der Waals surface area contributed by atoms with E-state index in [2.05, 4.69) is 15.5 Å². The van der Waals surface area contributed by atoms with Crippen LogP contribution >= 0.6 is 11.3 Å². The summed E-state index contributed by atoms with van der Waals surface area (Å²) in [5.41, 5.74) is 1.07. The zero-order valence-corrected chi connectivity index (χ0v) is 13.0. The van der Waals surface area contributed by atoms with Gasteiger partial charge < -0.3 is 10.1 Å². The van der Waals surface area contributed by atoms with Crippen LogP contribution in [-0.4, -0.2) is 29.9 Å². The first-order chi connectivity index (χ1) is 9.69. The molecule has 4 nitrogen and oxygen atoms in total. The first-order valence-corrected chi connectivity index (χ1v) is 7.74. The van der Waals surface area contributed by atoms with Crippen molar-refractivity contribution in [3.8, 4) is 16.3 Å². The van der Waals surface area contributed by atoms with E-state index in [4.69, 9.17) is 4.74 Å². The molecule has 1 aromatic carbocycles. The van der Waals surface area contributed by atoms with Gasteiger partial charge in [-0.05, 0) is 46.0 Å². The monoisotopic (exact) mass is 291 g/mol. The molecular weight excluding hydrogens is 270 g/mol. The Morgan fingerprint density at radius 2 is 2.15 bits per heavy atom. The van der Waals surface area contributed by atoms with Gasteiger partial charge in [0.15, 0.2) is 0 Å². The topological polar surface area (TPSA) is 47.0 Å². The van der Waals surface area contributed by atoms with Crippen molar-refractivity contribution in [2.24, 2.45) is 0 Å². The minimum Gasteiger partial charge on any atom is -0.491 e. The lowest BCUT2D eigenvalue weighted by Gasteiger charge is -2.09. The Morgan fingerprint density at radius 3 is 2.90 bits per heavy atom. The van der Waals surface area contributed by atoms with Crippen LogP contribution in [0.25, 0.3) is 10.6 Å². The van der Waals surface area contributed by atoms with E-state index in [1.165, 1.54) is 0 Å². The normalized spacial score (nSPS) is 11.0. The second-order valence-electron chi connectivity index (χ2n) is 4.90.